The molecule has 5 nitrogen and oxygen atoms in total. The van der Waals surface area contributed by atoms with Crippen LogP contribution >= 0.6 is 0 Å². The number of aryl methyl sites for hydroxylation is 1. The van der Waals surface area contributed by atoms with Crippen molar-refractivity contribution in [3.05, 3.63) is 65.2 Å². The van der Waals surface area contributed by atoms with Crippen molar-refractivity contribution in [1.29, 1.82) is 5.26 Å². The van der Waals surface area contributed by atoms with Gasteiger partial charge in [-0.2, -0.15) is 9.57 Å². The Morgan fingerprint density at radius 1 is 1.12 bits per heavy atom. The van der Waals surface area contributed by atoms with Crippen LogP contribution < -0.4 is 4.90 Å². The van der Waals surface area contributed by atoms with Crippen LogP contribution in [0, 0.1) is 18.3 Å². The van der Waals surface area contributed by atoms with Gasteiger partial charge in [-0.1, -0.05) is 29.8 Å². The summed E-state index contributed by atoms with van der Waals surface area (Å²) in [5.74, 6) is 0. The van der Waals surface area contributed by atoms with Crippen LogP contribution in [0.25, 0.3) is 0 Å². The average molecular weight is 356 g/mol. The highest BCUT2D eigenvalue weighted by Crippen LogP contribution is 2.16. The molecule has 1 aliphatic heterocycles. The van der Waals surface area contributed by atoms with Crippen LogP contribution in [0.4, 0.5) is 0 Å². The molecule has 25 heavy (non-hydrogen) atoms. The van der Waals surface area contributed by atoms with E-state index >= 15 is 0 Å². The zero-order valence-corrected chi connectivity index (χ0v) is 15.1. The monoisotopic (exact) mass is 356 g/mol. The van der Waals surface area contributed by atoms with E-state index in [4.69, 9.17) is 5.26 Å². The van der Waals surface area contributed by atoms with E-state index in [0.29, 0.717) is 18.7 Å². The number of nitriles is 1. The van der Waals surface area contributed by atoms with E-state index in [9.17, 15) is 8.42 Å². The summed E-state index contributed by atoms with van der Waals surface area (Å²) in [6, 6.07) is 16.6. The SMILES string of the molecule is Cc1cccc(C[NH+]2CCN(S(=O)(=O)c3ccc(C#N)cc3)CC2)c1. The predicted octanol–water partition coefficient (Wildman–Crippen LogP) is 0.956. The Morgan fingerprint density at radius 2 is 1.80 bits per heavy atom. The van der Waals surface area contributed by atoms with Gasteiger partial charge in [-0.3, -0.25) is 0 Å². The molecule has 0 amide bonds. The normalized spacial score (nSPS) is 16.5. The first-order chi connectivity index (χ1) is 12.0. The highest BCUT2D eigenvalue weighted by molar-refractivity contribution is 7.89. The largest absolute Gasteiger partial charge is 0.329 e. The minimum Gasteiger partial charge on any atom is -0.329 e. The van der Waals surface area contributed by atoms with E-state index in [0.717, 1.165) is 19.6 Å². The van der Waals surface area contributed by atoms with Crippen LogP contribution in [-0.2, 0) is 16.6 Å². The number of hydrogen-bond acceptors (Lipinski definition) is 3. The van der Waals surface area contributed by atoms with Gasteiger partial charge in [0.1, 0.15) is 6.54 Å². The van der Waals surface area contributed by atoms with Crippen molar-refractivity contribution in [1.82, 2.24) is 4.31 Å². The van der Waals surface area contributed by atoms with Gasteiger partial charge in [0.2, 0.25) is 10.0 Å². The average Bonchev–Trinajstić information content (AvgIpc) is 2.62. The number of nitrogens with one attached hydrogen (secondary N) is 1. The highest BCUT2D eigenvalue weighted by Gasteiger charge is 2.30. The summed E-state index contributed by atoms with van der Waals surface area (Å²) in [7, 11) is -3.48. The summed E-state index contributed by atoms with van der Waals surface area (Å²) < 4.78 is 27.0. The van der Waals surface area contributed by atoms with Crippen LogP contribution in [0.15, 0.2) is 53.4 Å². The standard InChI is InChI=1S/C19H21N3O2S/c1-16-3-2-4-18(13-16)15-21-9-11-22(12-10-21)25(23,24)19-7-5-17(14-20)6-8-19/h2-8,13H,9-12,15H2,1H3/p+1. The summed E-state index contributed by atoms with van der Waals surface area (Å²) in [6.45, 7) is 5.63. The Kier molecular flexibility index (Phi) is 5.19. The maximum Gasteiger partial charge on any atom is 0.243 e. The molecule has 0 aromatic heterocycles. The summed E-state index contributed by atoms with van der Waals surface area (Å²) in [5.41, 5.74) is 3.00. The fourth-order valence-corrected chi connectivity index (χ4v) is 4.62. The minimum absolute atomic E-state index is 0.258. The zero-order chi connectivity index (χ0) is 17.9. The molecule has 1 N–H and O–H groups in total. The lowest BCUT2D eigenvalue weighted by Gasteiger charge is -2.31. The summed E-state index contributed by atoms with van der Waals surface area (Å²) in [5, 5.41) is 8.83. The van der Waals surface area contributed by atoms with E-state index in [2.05, 4.69) is 31.2 Å². The number of sulfonamides is 1. The van der Waals surface area contributed by atoms with Crippen molar-refractivity contribution in [2.45, 2.75) is 18.4 Å². The quantitative estimate of drug-likeness (QED) is 0.887. The first kappa shape index (κ1) is 17.6. The third kappa shape index (κ3) is 4.07. The number of hydrogen-bond donors (Lipinski definition) is 1. The molecule has 0 spiro atoms. The second kappa shape index (κ2) is 7.36. The van der Waals surface area contributed by atoms with Gasteiger partial charge in [-0.15, -0.1) is 0 Å². The topological polar surface area (TPSA) is 65.6 Å². The second-order valence-electron chi connectivity index (χ2n) is 6.46. The molecule has 0 aliphatic carbocycles. The summed E-state index contributed by atoms with van der Waals surface area (Å²) in [4.78, 5) is 1.66. The van der Waals surface area contributed by atoms with E-state index in [1.807, 2.05) is 6.07 Å². The third-order valence-electron chi connectivity index (χ3n) is 4.59. The molecule has 1 heterocycles. The van der Waals surface area contributed by atoms with Crippen LogP contribution in [0.5, 0.6) is 0 Å². The predicted molar refractivity (Wildman–Crippen MR) is 95.5 cm³/mol. The first-order valence-electron chi connectivity index (χ1n) is 8.38. The number of rotatable bonds is 4. The zero-order valence-electron chi connectivity index (χ0n) is 14.3. The molecular weight excluding hydrogens is 334 g/mol. The number of quaternary nitrogens is 1. The second-order valence-corrected chi connectivity index (χ2v) is 8.39. The molecule has 1 fully saturated rings. The Balaban J connectivity index is 1.63. The fraction of sp³-hybridized carbons (Fsp3) is 0.316. The Labute approximate surface area is 149 Å². The lowest BCUT2D eigenvalue weighted by Crippen LogP contribution is -3.13. The van der Waals surface area contributed by atoms with Gasteiger partial charge in [0.25, 0.3) is 0 Å². The molecule has 0 bridgehead atoms. The molecule has 2 aromatic rings. The van der Waals surface area contributed by atoms with Gasteiger partial charge >= 0.3 is 0 Å². The van der Waals surface area contributed by atoms with E-state index in [-0.39, 0.29) is 4.90 Å². The molecule has 0 atom stereocenters. The van der Waals surface area contributed by atoms with Crippen LogP contribution in [-0.4, -0.2) is 38.9 Å². The lowest BCUT2D eigenvalue weighted by molar-refractivity contribution is -0.917. The van der Waals surface area contributed by atoms with Crippen molar-refractivity contribution in [3.63, 3.8) is 0 Å². The molecule has 0 saturated carbocycles. The summed E-state index contributed by atoms with van der Waals surface area (Å²) >= 11 is 0. The van der Waals surface area contributed by atoms with Crippen molar-refractivity contribution >= 4 is 10.0 Å². The number of piperazine rings is 1. The molecule has 2 aromatic carbocycles. The number of nitrogens with zero attached hydrogens (tertiary/aromatic N) is 2. The van der Waals surface area contributed by atoms with Crippen LogP contribution in [0.2, 0.25) is 0 Å². The lowest BCUT2D eigenvalue weighted by atomic mass is 10.1. The molecular formula is C19H22N3O2S+. The Bertz CT molecular complexity index is 878. The van der Waals surface area contributed by atoms with E-state index in [1.54, 1.807) is 16.4 Å². The van der Waals surface area contributed by atoms with Crippen molar-refractivity contribution in [3.8, 4) is 6.07 Å². The fourth-order valence-electron chi connectivity index (χ4n) is 3.18. The van der Waals surface area contributed by atoms with Gasteiger partial charge in [0, 0.05) is 5.56 Å². The Morgan fingerprint density at radius 3 is 2.40 bits per heavy atom. The van der Waals surface area contributed by atoms with Gasteiger partial charge in [-0.25, -0.2) is 8.42 Å². The minimum atomic E-state index is -3.48. The molecule has 1 aliphatic rings. The van der Waals surface area contributed by atoms with Crippen molar-refractivity contribution in [2.24, 2.45) is 0 Å². The molecule has 0 radical (unpaired) electrons. The van der Waals surface area contributed by atoms with E-state index < -0.39 is 10.0 Å². The van der Waals surface area contributed by atoms with Crippen molar-refractivity contribution < 1.29 is 13.3 Å². The molecule has 6 heteroatoms. The molecule has 0 unspecified atom stereocenters. The molecule has 130 valence electrons. The van der Waals surface area contributed by atoms with Gasteiger partial charge in [0.05, 0.1) is 42.7 Å². The third-order valence-corrected chi connectivity index (χ3v) is 6.50. The van der Waals surface area contributed by atoms with Crippen LogP contribution in [0.3, 0.4) is 0 Å². The Hall–Kier alpha value is -2.20. The molecule has 1 saturated heterocycles. The smallest absolute Gasteiger partial charge is 0.243 e. The maximum atomic E-state index is 12.7. The summed E-state index contributed by atoms with van der Waals surface area (Å²) in [6.07, 6.45) is 0. The maximum absolute atomic E-state index is 12.7. The van der Waals surface area contributed by atoms with Gasteiger partial charge in [0.15, 0.2) is 0 Å². The van der Waals surface area contributed by atoms with Gasteiger partial charge < -0.3 is 4.90 Å². The first-order valence-corrected chi connectivity index (χ1v) is 9.82. The van der Waals surface area contributed by atoms with Gasteiger partial charge in [-0.05, 0) is 31.2 Å². The van der Waals surface area contributed by atoms with Crippen LogP contribution in [0.1, 0.15) is 16.7 Å². The number of benzene rings is 2. The highest BCUT2D eigenvalue weighted by atomic mass is 32.2. The van der Waals surface area contributed by atoms with Crippen molar-refractivity contribution in [2.75, 3.05) is 26.2 Å². The molecule has 3 rings (SSSR count). The van der Waals surface area contributed by atoms with E-state index in [1.165, 1.54) is 28.2 Å².